The lowest BCUT2D eigenvalue weighted by Gasteiger charge is -2.33. The van der Waals surface area contributed by atoms with Gasteiger partial charge in [0.15, 0.2) is 0 Å². The number of anilines is 2. The molecule has 1 aliphatic carbocycles. The van der Waals surface area contributed by atoms with Crippen molar-refractivity contribution in [3.63, 3.8) is 0 Å². The summed E-state index contributed by atoms with van der Waals surface area (Å²) >= 11 is 0. The van der Waals surface area contributed by atoms with Gasteiger partial charge >= 0.3 is 6.03 Å². The smallest absolute Gasteiger partial charge is 0.319 e. The standard InChI is InChI=1S/C19H21N5O/c25-19(22-14-5-2-1-3-6-14)23-15-9-11-24(12-10-15)18-16-7-4-8-17(16)20-13-21-18/h1-7,13,15H,8-12H2,(H2,22,23,25). The van der Waals surface area contributed by atoms with E-state index in [1.54, 1.807) is 6.33 Å². The number of allylic oxidation sites excluding steroid dienone is 1. The quantitative estimate of drug-likeness (QED) is 0.905. The van der Waals surface area contributed by atoms with Crippen molar-refractivity contribution in [2.24, 2.45) is 0 Å². The predicted molar refractivity (Wildman–Crippen MR) is 98.6 cm³/mol. The monoisotopic (exact) mass is 335 g/mol. The van der Waals surface area contributed by atoms with Gasteiger partial charge in [-0.1, -0.05) is 30.4 Å². The third-order valence-electron chi connectivity index (χ3n) is 4.70. The van der Waals surface area contributed by atoms with Gasteiger partial charge in [0.1, 0.15) is 12.1 Å². The molecule has 1 aromatic carbocycles. The molecule has 2 aromatic rings. The Labute approximate surface area is 147 Å². The lowest BCUT2D eigenvalue weighted by molar-refractivity contribution is 0.246. The van der Waals surface area contributed by atoms with Crippen LogP contribution in [0.1, 0.15) is 24.1 Å². The number of para-hydroxylation sites is 1. The zero-order valence-electron chi connectivity index (χ0n) is 14.0. The average Bonchev–Trinajstić information content (AvgIpc) is 3.12. The maximum atomic E-state index is 12.1. The Hall–Kier alpha value is -2.89. The molecule has 128 valence electrons. The first-order valence-electron chi connectivity index (χ1n) is 8.67. The Morgan fingerprint density at radius 2 is 1.92 bits per heavy atom. The van der Waals surface area contributed by atoms with E-state index in [1.165, 1.54) is 0 Å². The Morgan fingerprint density at radius 3 is 2.72 bits per heavy atom. The summed E-state index contributed by atoms with van der Waals surface area (Å²) < 4.78 is 0. The van der Waals surface area contributed by atoms with E-state index in [9.17, 15) is 4.79 Å². The van der Waals surface area contributed by atoms with Gasteiger partial charge in [0.05, 0.1) is 5.69 Å². The Balaban J connectivity index is 1.32. The first-order chi connectivity index (χ1) is 12.3. The number of fused-ring (bicyclic) bond motifs is 1. The van der Waals surface area contributed by atoms with Crippen LogP contribution in [0, 0.1) is 0 Å². The van der Waals surface area contributed by atoms with E-state index in [-0.39, 0.29) is 12.1 Å². The summed E-state index contributed by atoms with van der Waals surface area (Å²) in [6.07, 6.45) is 8.60. The number of urea groups is 1. The van der Waals surface area contributed by atoms with E-state index in [4.69, 9.17) is 0 Å². The van der Waals surface area contributed by atoms with Crippen LogP contribution in [-0.2, 0) is 6.42 Å². The number of nitrogens with one attached hydrogen (secondary N) is 2. The topological polar surface area (TPSA) is 70.2 Å². The highest BCUT2D eigenvalue weighted by Crippen LogP contribution is 2.28. The lowest BCUT2D eigenvalue weighted by Crippen LogP contribution is -2.46. The van der Waals surface area contributed by atoms with Crippen LogP contribution in [0.25, 0.3) is 6.08 Å². The van der Waals surface area contributed by atoms with Gasteiger partial charge in [0.25, 0.3) is 0 Å². The summed E-state index contributed by atoms with van der Waals surface area (Å²) in [6.45, 7) is 1.77. The normalized spacial score (nSPS) is 16.6. The zero-order valence-corrected chi connectivity index (χ0v) is 14.0. The Kier molecular flexibility index (Phi) is 4.33. The summed E-state index contributed by atoms with van der Waals surface area (Å²) in [4.78, 5) is 23.2. The highest BCUT2D eigenvalue weighted by atomic mass is 16.2. The first-order valence-corrected chi connectivity index (χ1v) is 8.67. The van der Waals surface area contributed by atoms with Crippen molar-refractivity contribution < 1.29 is 4.79 Å². The first kappa shape index (κ1) is 15.6. The van der Waals surface area contributed by atoms with E-state index in [2.05, 4.69) is 37.7 Å². The van der Waals surface area contributed by atoms with Gasteiger partial charge < -0.3 is 15.5 Å². The molecule has 0 atom stereocenters. The van der Waals surface area contributed by atoms with Crippen molar-refractivity contribution in [2.45, 2.75) is 25.3 Å². The largest absolute Gasteiger partial charge is 0.356 e. The number of aromatic nitrogens is 2. The zero-order chi connectivity index (χ0) is 17.1. The van der Waals surface area contributed by atoms with Gasteiger partial charge in [-0.2, -0.15) is 0 Å². The molecule has 0 bridgehead atoms. The molecule has 1 aliphatic heterocycles. The average molecular weight is 335 g/mol. The third-order valence-corrected chi connectivity index (χ3v) is 4.70. The number of nitrogens with zero attached hydrogens (tertiary/aromatic N) is 3. The van der Waals surface area contributed by atoms with Gasteiger partial charge in [-0.05, 0) is 25.0 Å². The number of piperidine rings is 1. The molecule has 0 unspecified atom stereocenters. The van der Waals surface area contributed by atoms with Crippen LogP contribution in [0.4, 0.5) is 16.3 Å². The van der Waals surface area contributed by atoms with Gasteiger partial charge in [-0.25, -0.2) is 14.8 Å². The van der Waals surface area contributed by atoms with Crippen molar-refractivity contribution in [1.29, 1.82) is 0 Å². The van der Waals surface area contributed by atoms with E-state index < -0.39 is 0 Å². The SMILES string of the molecule is O=C(Nc1ccccc1)NC1CCN(c2ncnc3c2C=CC3)CC1. The maximum Gasteiger partial charge on any atom is 0.319 e. The van der Waals surface area contributed by atoms with Crippen LogP contribution in [0.15, 0.2) is 42.7 Å². The fraction of sp³-hybridized carbons (Fsp3) is 0.316. The molecule has 2 aliphatic rings. The van der Waals surface area contributed by atoms with E-state index in [1.807, 2.05) is 30.3 Å². The number of benzene rings is 1. The molecule has 1 fully saturated rings. The number of carbonyl (C=O) groups excluding carboxylic acids is 1. The minimum absolute atomic E-state index is 0.143. The van der Waals surface area contributed by atoms with Crippen LogP contribution in [0.2, 0.25) is 0 Å². The second-order valence-corrected chi connectivity index (χ2v) is 6.39. The van der Waals surface area contributed by atoms with Crippen molar-refractivity contribution in [2.75, 3.05) is 23.3 Å². The minimum atomic E-state index is -0.143. The summed E-state index contributed by atoms with van der Waals surface area (Å²) in [5, 5.41) is 5.94. The molecule has 25 heavy (non-hydrogen) atoms. The maximum absolute atomic E-state index is 12.1. The van der Waals surface area contributed by atoms with Gasteiger partial charge in [-0.3, -0.25) is 0 Å². The van der Waals surface area contributed by atoms with Crippen molar-refractivity contribution in [1.82, 2.24) is 15.3 Å². The predicted octanol–water partition coefficient (Wildman–Crippen LogP) is 2.84. The van der Waals surface area contributed by atoms with Crippen LogP contribution in [0.5, 0.6) is 0 Å². The Morgan fingerprint density at radius 1 is 1.12 bits per heavy atom. The highest BCUT2D eigenvalue weighted by Gasteiger charge is 2.24. The molecule has 4 rings (SSSR count). The number of amides is 2. The van der Waals surface area contributed by atoms with Crippen LogP contribution in [-0.4, -0.2) is 35.1 Å². The second kappa shape index (κ2) is 6.93. The summed E-state index contributed by atoms with van der Waals surface area (Å²) in [5.41, 5.74) is 3.06. The number of hydrogen-bond donors (Lipinski definition) is 2. The van der Waals surface area contributed by atoms with Crippen LogP contribution < -0.4 is 15.5 Å². The fourth-order valence-corrected chi connectivity index (χ4v) is 3.40. The fourth-order valence-electron chi connectivity index (χ4n) is 3.40. The lowest BCUT2D eigenvalue weighted by atomic mass is 10.0. The molecular weight excluding hydrogens is 314 g/mol. The molecule has 2 heterocycles. The number of rotatable bonds is 3. The van der Waals surface area contributed by atoms with Gasteiger partial charge in [-0.15, -0.1) is 0 Å². The molecular formula is C19H21N5O. The van der Waals surface area contributed by atoms with Crippen molar-refractivity contribution in [3.05, 3.63) is 54.0 Å². The molecule has 1 aromatic heterocycles. The summed E-state index contributed by atoms with van der Waals surface area (Å²) in [7, 11) is 0. The molecule has 0 radical (unpaired) electrons. The molecule has 0 spiro atoms. The van der Waals surface area contributed by atoms with Crippen molar-refractivity contribution >= 4 is 23.6 Å². The minimum Gasteiger partial charge on any atom is -0.356 e. The third kappa shape index (κ3) is 3.47. The van der Waals surface area contributed by atoms with Crippen LogP contribution in [0.3, 0.4) is 0 Å². The Bertz CT molecular complexity index is 782. The highest BCUT2D eigenvalue weighted by molar-refractivity contribution is 5.89. The summed E-state index contributed by atoms with van der Waals surface area (Å²) in [6, 6.07) is 9.54. The van der Waals surface area contributed by atoms with Crippen molar-refractivity contribution in [3.8, 4) is 0 Å². The molecule has 1 saturated heterocycles. The number of carbonyl (C=O) groups is 1. The summed E-state index contributed by atoms with van der Waals surface area (Å²) in [5.74, 6) is 1.02. The molecule has 2 N–H and O–H groups in total. The second-order valence-electron chi connectivity index (χ2n) is 6.39. The molecule has 2 amide bonds. The van der Waals surface area contributed by atoms with Gasteiger partial charge in [0.2, 0.25) is 0 Å². The molecule has 6 nitrogen and oxygen atoms in total. The molecule has 6 heteroatoms. The van der Waals surface area contributed by atoms with E-state index >= 15 is 0 Å². The van der Waals surface area contributed by atoms with E-state index in [0.29, 0.717) is 0 Å². The van der Waals surface area contributed by atoms with Crippen LogP contribution >= 0.6 is 0 Å². The van der Waals surface area contributed by atoms with E-state index in [0.717, 1.165) is 55.1 Å². The van der Waals surface area contributed by atoms with Gasteiger partial charge in [0, 0.05) is 36.8 Å². The molecule has 0 saturated carbocycles. The number of hydrogen-bond acceptors (Lipinski definition) is 4.